The van der Waals surface area contributed by atoms with Gasteiger partial charge in [0.25, 0.3) is 11.8 Å². The molecule has 2 aliphatic heterocycles. The van der Waals surface area contributed by atoms with E-state index in [0.717, 1.165) is 16.4 Å². The molecule has 0 bridgehead atoms. The highest BCUT2D eigenvalue weighted by Crippen LogP contribution is 2.45. The Morgan fingerprint density at radius 3 is 2.73 bits per heavy atom. The van der Waals surface area contributed by atoms with Gasteiger partial charge in [0.05, 0.1) is 18.2 Å². The highest BCUT2D eigenvalue weighted by Gasteiger charge is 2.54. The van der Waals surface area contributed by atoms with E-state index in [9.17, 15) is 34.3 Å². The number of anilines is 1. The summed E-state index contributed by atoms with van der Waals surface area (Å²) in [4.78, 5) is 71.4. The molecule has 2 aromatic rings. The molecule has 0 aliphatic carbocycles. The first-order chi connectivity index (χ1) is 21.0. The van der Waals surface area contributed by atoms with Crippen LogP contribution in [-0.2, 0) is 29.7 Å². The number of hydrogen-bond acceptors (Lipinski definition) is 16. The molecule has 4 amide bonds. The van der Waals surface area contributed by atoms with Gasteiger partial charge in [-0.3, -0.25) is 29.1 Å². The van der Waals surface area contributed by atoms with Gasteiger partial charge >= 0.3 is 5.97 Å². The lowest BCUT2D eigenvalue weighted by Gasteiger charge is -2.49. The summed E-state index contributed by atoms with van der Waals surface area (Å²) >= 11 is 4.71. The van der Waals surface area contributed by atoms with Gasteiger partial charge in [0.1, 0.15) is 17.1 Å². The Labute approximate surface area is 266 Å². The predicted molar refractivity (Wildman–Crippen MR) is 163 cm³/mol. The number of nitrogen functional groups attached to an aromatic ring is 1. The number of primary amides is 1. The van der Waals surface area contributed by atoms with E-state index in [2.05, 4.69) is 30.1 Å². The summed E-state index contributed by atoms with van der Waals surface area (Å²) < 4.78 is 3.82. The van der Waals surface area contributed by atoms with E-state index < -0.39 is 52.8 Å². The van der Waals surface area contributed by atoms with Gasteiger partial charge in [-0.1, -0.05) is 16.9 Å². The molecule has 17 nitrogen and oxygen atoms in total. The van der Waals surface area contributed by atoms with E-state index in [1.165, 1.54) is 35.3 Å². The molecule has 2 aliphatic rings. The summed E-state index contributed by atoms with van der Waals surface area (Å²) in [5, 5.41) is 26.7. The monoisotopic (exact) mass is 682 g/mol. The molecule has 3 atom stereocenters. The summed E-state index contributed by atoms with van der Waals surface area (Å²) in [7, 11) is 0. The standard InChI is InChI=1S/C23H26N10O7S4/c24-9(6-13(25)34)18(35)28-4-5-41-7-10-11(2-1-3-27-10)43-12-8-42-21-15(20(37)33(21)16(12)22(38)39)29-19(36)14(31-40)17-30-23(26)44-32-17/h1-3,9,15,21,40H,4-8,24H2,(H2,25,34)(H,28,35)(H,29,36)(H,38,39)(H2,26,30,32)/b31-14-/t9-,15?,21?/m0/s1. The Balaban J connectivity index is 1.38. The minimum absolute atomic E-state index is 0.0479. The number of oxime groups is 1. The SMILES string of the molecule is NC(=O)C[C@H](N)C(=O)NCCSCc1ncccc1SC1=C(C(=O)O)N2C(=O)C(NC(=O)/C(=N\O)c3nsc(N)n3)C2SC1. The maximum absolute atomic E-state index is 13.1. The van der Waals surface area contributed by atoms with Gasteiger partial charge in [-0.25, -0.2) is 4.79 Å². The van der Waals surface area contributed by atoms with Crippen LogP contribution in [0.15, 0.2) is 39.0 Å². The second-order valence-electron chi connectivity index (χ2n) is 9.01. The van der Waals surface area contributed by atoms with Crippen LogP contribution in [0, 0.1) is 0 Å². The third-order valence-corrected chi connectivity index (χ3v) is 10.2. The van der Waals surface area contributed by atoms with Crippen molar-refractivity contribution in [3.05, 3.63) is 40.5 Å². The summed E-state index contributed by atoms with van der Waals surface area (Å²) in [5.41, 5.74) is 16.1. The van der Waals surface area contributed by atoms with Gasteiger partial charge in [0.2, 0.25) is 23.4 Å². The van der Waals surface area contributed by atoms with Crippen molar-refractivity contribution in [2.24, 2.45) is 16.6 Å². The largest absolute Gasteiger partial charge is 0.477 e. The maximum Gasteiger partial charge on any atom is 0.353 e. The van der Waals surface area contributed by atoms with E-state index in [1.54, 1.807) is 18.3 Å². The number of aliphatic carboxylic acids is 1. The van der Waals surface area contributed by atoms with E-state index >= 15 is 0 Å². The fraction of sp³-hybridized carbons (Fsp3) is 0.348. The summed E-state index contributed by atoms with van der Waals surface area (Å²) in [6, 6.07) is 1.41. The smallest absolute Gasteiger partial charge is 0.353 e. The molecular formula is C23H26N10O7S4. The molecule has 44 heavy (non-hydrogen) atoms. The minimum atomic E-state index is -1.30. The molecule has 234 valence electrons. The van der Waals surface area contributed by atoms with Crippen LogP contribution in [-0.4, -0.2) is 100 Å². The van der Waals surface area contributed by atoms with Crippen LogP contribution in [0.1, 0.15) is 17.9 Å². The third kappa shape index (κ3) is 7.59. The van der Waals surface area contributed by atoms with Crippen LogP contribution in [0.5, 0.6) is 0 Å². The molecule has 1 saturated heterocycles. The number of carboxylic acid groups (broad SMARTS) is 1. The molecule has 1 fully saturated rings. The lowest BCUT2D eigenvalue weighted by molar-refractivity contribution is -0.150. The Hall–Kier alpha value is -3.92. The van der Waals surface area contributed by atoms with Gasteiger partial charge in [0, 0.05) is 51.3 Å². The topological polar surface area (TPSA) is 282 Å². The molecule has 0 saturated carbocycles. The molecule has 0 aromatic carbocycles. The highest BCUT2D eigenvalue weighted by molar-refractivity contribution is 8.06. The number of nitrogens with one attached hydrogen (secondary N) is 2. The van der Waals surface area contributed by atoms with Crippen molar-refractivity contribution in [1.29, 1.82) is 0 Å². The third-order valence-electron chi connectivity index (χ3n) is 6.02. The molecule has 21 heteroatoms. The molecule has 10 N–H and O–H groups in total. The molecular weight excluding hydrogens is 657 g/mol. The number of aromatic nitrogens is 3. The first kappa shape index (κ1) is 33.0. The van der Waals surface area contributed by atoms with Crippen LogP contribution in [0.4, 0.5) is 5.13 Å². The van der Waals surface area contributed by atoms with Crippen LogP contribution >= 0.6 is 46.8 Å². The highest BCUT2D eigenvalue weighted by atomic mass is 32.2. The number of nitrogens with two attached hydrogens (primary N) is 3. The number of pyridine rings is 1. The number of hydrogen-bond donors (Lipinski definition) is 7. The normalized spacial score (nSPS) is 18.7. The van der Waals surface area contributed by atoms with E-state index in [0.29, 0.717) is 33.5 Å². The molecule has 4 heterocycles. The van der Waals surface area contributed by atoms with Crippen LogP contribution in [0.3, 0.4) is 0 Å². The van der Waals surface area contributed by atoms with Crippen LogP contribution in [0.25, 0.3) is 0 Å². The maximum atomic E-state index is 13.1. The molecule has 0 spiro atoms. The number of carbonyl (C=O) groups is 5. The van der Waals surface area contributed by atoms with Crippen LogP contribution in [0.2, 0.25) is 0 Å². The van der Waals surface area contributed by atoms with Crippen LogP contribution < -0.4 is 27.8 Å². The van der Waals surface area contributed by atoms with Crippen molar-refractivity contribution in [3.63, 3.8) is 0 Å². The first-order valence-corrected chi connectivity index (χ1v) is 16.4. The second kappa shape index (κ2) is 14.7. The lowest BCUT2D eigenvalue weighted by Crippen LogP contribution is -2.71. The van der Waals surface area contributed by atoms with Gasteiger partial charge in [-0.15, -0.1) is 11.8 Å². The van der Waals surface area contributed by atoms with Gasteiger partial charge in [0.15, 0.2) is 5.13 Å². The Kier molecular flexibility index (Phi) is 11.0. The summed E-state index contributed by atoms with van der Waals surface area (Å²) in [6.45, 7) is 0.298. The zero-order valence-electron chi connectivity index (χ0n) is 22.5. The van der Waals surface area contributed by atoms with Crippen molar-refractivity contribution >= 4 is 87.3 Å². The van der Waals surface area contributed by atoms with Gasteiger partial charge in [-0.2, -0.15) is 21.1 Å². The molecule has 4 rings (SSSR count). The van der Waals surface area contributed by atoms with E-state index in [-0.39, 0.29) is 28.8 Å². The van der Waals surface area contributed by atoms with Crippen molar-refractivity contribution < 1.29 is 34.3 Å². The van der Waals surface area contributed by atoms with Crippen molar-refractivity contribution in [2.45, 2.75) is 34.5 Å². The van der Waals surface area contributed by atoms with Crippen molar-refractivity contribution in [2.75, 3.05) is 23.8 Å². The summed E-state index contributed by atoms with van der Waals surface area (Å²) in [6.07, 6.45) is 1.35. The molecule has 0 radical (unpaired) electrons. The average molecular weight is 683 g/mol. The van der Waals surface area contributed by atoms with Crippen molar-refractivity contribution in [3.8, 4) is 0 Å². The zero-order chi connectivity index (χ0) is 32.0. The Morgan fingerprint density at radius 1 is 1.30 bits per heavy atom. The van der Waals surface area contributed by atoms with Gasteiger partial charge in [-0.05, 0) is 12.1 Å². The van der Waals surface area contributed by atoms with E-state index in [4.69, 9.17) is 17.2 Å². The number of carboxylic acids is 1. The lowest BCUT2D eigenvalue weighted by atomic mass is 10.0. The number of thioether (sulfide) groups is 3. The fourth-order valence-electron chi connectivity index (χ4n) is 4.02. The number of nitrogens with zero attached hydrogens (tertiary/aromatic N) is 5. The number of fused-ring (bicyclic) bond motifs is 1. The van der Waals surface area contributed by atoms with Gasteiger partial charge < -0.3 is 38.1 Å². The van der Waals surface area contributed by atoms with E-state index in [1.807, 2.05) is 0 Å². The number of carbonyl (C=O) groups excluding carboxylic acids is 4. The molecule has 2 unspecified atom stereocenters. The summed E-state index contributed by atoms with van der Waals surface area (Å²) in [5.74, 6) is -3.04. The van der Waals surface area contributed by atoms with Crippen molar-refractivity contribution in [1.82, 2.24) is 29.9 Å². The molecule has 2 aromatic heterocycles. The Bertz CT molecular complexity index is 1530. The second-order valence-corrected chi connectivity index (χ2v) is 13.1. The Morgan fingerprint density at radius 2 is 2.07 bits per heavy atom. The fourth-order valence-corrected chi connectivity index (χ4v) is 7.93. The number of amides is 4. The first-order valence-electron chi connectivity index (χ1n) is 12.6. The number of β-lactam (4-membered cyclic amide) rings is 1. The quantitative estimate of drug-likeness (QED) is 0.0402. The zero-order valence-corrected chi connectivity index (χ0v) is 25.8. The minimum Gasteiger partial charge on any atom is -0.477 e. The average Bonchev–Trinajstić information content (AvgIpc) is 3.41. The predicted octanol–water partition coefficient (Wildman–Crippen LogP) is -1.27. The number of rotatable bonds is 14.